The lowest BCUT2D eigenvalue weighted by Crippen LogP contribution is -2.23. The average molecular weight is 247 g/mol. The van der Waals surface area contributed by atoms with Gasteiger partial charge in [-0.1, -0.05) is 38.0 Å². The summed E-state index contributed by atoms with van der Waals surface area (Å²) in [6.07, 6.45) is 3.88. The van der Waals surface area contributed by atoms with Gasteiger partial charge < -0.3 is 10.0 Å². The molecule has 1 aliphatic heterocycles. The molecule has 0 spiro atoms. The van der Waals surface area contributed by atoms with E-state index in [0.29, 0.717) is 0 Å². The molecular weight excluding hydrogens is 226 g/mol. The third-order valence-corrected chi connectivity index (χ3v) is 3.61. The molecule has 1 N–H and O–H groups in total. The maximum atomic E-state index is 10.9. The van der Waals surface area contributed by atoms with E-state index in [1.807, 2.05) is 12.1 Å². The molecule has 0 radical (unpaired) electrons. The number of para-hydroxylation sites is 1. The lowest BCUT2D eigenvalue weighted by Gasteiger charge is -2.19. The molecule has 1 unspecified atom stereocenters. The Bertz CT molecular complexity index is 417. The first-order chi connectivity index (χ1) is 8.72. The molecule has 0 fully saturated rings. The van der Waals surface area contributed by atoms with Crippen molar-refractivity contribution in [2.24, 2.45) is 0 Å². The molecule has 1 aromatic rings. The third kappa shape index (κ3) is 2.84. The zero-order valence-corrected chi connectivity index (χ0v) is 10.9. The predicted molar refractivity (Wildman–Crippen MR) is 73.2 cm³/mol. The summed E-state index contributed by atoms with van der Waals surface area (Å²) in [6, 6.07) is 8.23. The molecule has 0 amide bonds. The zero-order valence-electron chi connectivity index (χ0n) is 10.9. The summed E-state index contributed by atoms with van der Waals surface area (Å²) in [6.45, 7) is 4.10. The van der Waals surface area contributed by atoms with Gasteiger partial charge in [0.1, 0.15) is 0 Å². The first kappa shape index (κ1) is 12.9. The normalized spacial score (nSPS) is 17.8. The summed E-state index contributed by atoms with van der Waals surface area (Å²) >= 11 is 0. The fraction of sp³-hybridized carbons (Fsp3) is 0.533. The van der Waals surface area contributed by atoms with Gasteiger partial charge in [-0.2, -0.15) is 0 Å². The second-order valence-electron chi connectivity index (χ2n) is 5.01. The number of aliphatic carboxylic acids is 1. The monoisotopic (exact) mass is 247 g/mol. The molecule has 0 saturated heterocycles. The average Bonchev–Trinajstić information content (AvgIpc) is 2.68. The minimum absolute atomic E-state index is 0.153. The highest BCUT2D eigenvalue weighted by molar-refractivity contribution is 5.71. The van der Waals surface area contributed by atoms with E-state index in [1.54, 1.807) is 0 Å². The van der Waals surface area contributed by atoms with Crippen LogP contribution in [0, 0.1) is 0 Å². The van der Waals surface area contributed by atoms with Crippen LogP contribution >= 0.6 is 0 Å². The lowest BCUT2D eigenvalue weighted by atomic mass is 9.98. The predicted octanol–water partition coefficient (Wildman–Crippen LogP) is 3.26. The van der Waals surface area contributed by atoms with Gasteiger partial charge >= 0.3 is 5.97 Å². The zero-order chi connectivity index (χ0) is 13.0. The lowest BCUT2D eigenvalue weighted by molar-refractivity contribution is -0.137. The molecule has 1 atom stereocenters. The number of carboxylic acids is 1. The van der Waals surface area contributed by atoms with Crippen LogP contribution < -0.4 is 4.90 Å². The molecule has 2 rings (SSSR count). The molecule has 0 bridgehead atoms. The van der Waals surface area contributed by atoms with Gasteiger partial charge in [-0.25, -0.2) is 0 Å². The first-order valence-electron chi connectivity index (χ1n) is 6.78. The highest BCUT2D eigenvalue weighted by Gasteiger charge is 2.29. The molecule has 1 heterocycles. The van der Waals surface area contributed by atoms with Gasteiger partial charge in [-0.05, 0) is 18.1 Å². The maximum Gasteiger partial charge on any atom is 0.304 e. The van der Waals surface area contributed by atoms with E-state index < -0.39 is 5.97 Å². The van der Waals surface area contributed by atoms with E-state index in [0.717, 1.165) is 13.1 Å². The molecule has 0 aliphatic carbocycles. The quantitative estimate of drug-likeness (QED) is 0.784. The minimum Gasteiger partial charge on any atom is -0.481 e. The summed E-state index contributed by atoms with van der Waals surface area (Å²) in [5.74, 6) is -0.550. The van der Waals surface area contributed by atoms with Gasteiger partial charge in [-0.15, -0.1) is 0 Å². The minimum atomic E-state index is -0.704. The second kappa shape index (κ2) is 5.89. The number of unbranched alkanes of at least 4 members (excludes halogenated alkanes) is 2. The highest BCUT2D eigenvalue weighted by atomic mass is 16.4. The number of carbonyl (C=O) groups is 1. The van der Waals surface area contributed by atoms with Gasteiger partial charge in [0, 0.05) is 24.7 Å². The van der Waals surface area contributed by atoms with Crippen LogP contribution in [0.1, 0.15) is 44.1 Å². The Kier molecular flexibility index (Phi) is 4.24. The number of benzene rings is 1. The van der Waals surface area contributed by atoms with Gasteiger partial charge in [0.2, 0.25) is 0 Å². The first-order valence-corrected chi connectivity index (χ1v) is 6.78. The number of hydrogen-bond donors (Lipinski definition) is 1. The smallest absolute Gasteiger partial charge is 0.304 e. The van der Waals surface area contributed by atoms with Crippen molar-refractivity contribution in [3.05, 3.63) is 29.8 Å². The molecular formula is C15H21NO2. The summed E-state index contributed by atoms with van der Waals surface area (Å²) in [7, 11) is 0. The van der Waals surface area contributed by atoms with Crippen LogP contribution in [-0.2, 0) is 4.79 Å². The van der Waals surface area contributed by atoms with Crippen molar-refractivity contribution >= 4 is 11.7 Å². The Labute approximate surface area is 108 Å². The number of anilines is 1. The Morgan fingerprint density at radius 3 is 2.89 bits per heavy atom. The SMILES string of the molecule is CCCCCN1CC(CC(=O)O)c2ccccc21. The van der Waals surface area contributed by atoms with E-state index in [2.05, 4.69) is 24.0 Å². The van der Waals surface area contributed by atoms with Crippen LogP contribution in [0.2, 0.25) is 0 Å². The Hall–Kier alpha value is -1.51. The third-order valence-electron chi connectivity index (χ3n) is 3.61. The van der Waals surface area contributed by atoms with Crippen molar-refractivity contribution < 1.29 is 9.90 Å². The van der Waals surface area contributed by atoms with Crippen molar-refractivity contribution in [1.29, 1.82) is 0 Å². The maximum absolute atomic E-state index is 10.9. The van der Waals surface area contributed by atoms with Crippen LogP contribution in [-0.4, -0.2) is 24.2 Å². The molecule has 98 valence electrons. The van der Waals surface area contributed by atoms with Gasteiger partial charge in [0.25, 0.3) is 0 Å². The topological polar surface area (TPSA) is 40.5 Å². The molecule has 0 saturated carbocycles. The number of hydrogen-bond acceptors (Lipinski definition) is 2. The number of nitrogens with zero attached hydrogens (tertiary/aromatic N) is 1. The number of rotatable bonds is 6. The van der Waals surface area contributed by atoms with Gasteiger partial charge in [0.15, 0.2) is 0 Å². The standard InChI is InChI=1S/C15H21NO2/c1-2-3-6-9-16-11-12(10-15(17)18)13-7-4-5-8-14(13)16/h4-5,7-8,12H,2-3,6,9-11H2,1H3,(H,17,18). The number of fused-ring (bicyclic) bond motifs is 1. The van der Waals surface area contributed by atoms with E-state index in [1.165, 1.54) is 30.5 Å². The molecule has 0 aromatic heterocycles. The van der Waals surface area contributed by atoms with Crippen LogP contribution in [0.5, 0.6) is 0 Å². The molecule has 1 aromatic carbocycles. The van der Waals surface area contributed by atoms with Crippen LogP contribution in [0.15, 0.2) is 24.3 Å². The summed E-state index contributed by atoms with van der Waals surface area (Å²) in [5.41, 5.74) is 2.44. The van der Waals surface area contributed by atoms with Gasteiger partial charge in [0.05, 0.1) is 6.42 Å². The Balaban J connectivity index is 2.09. The van der Waals surface area contributed by atoms with E-state index >= 15 is 0 Å². The van der Waals surface area contributed by atoms with Crippen molar-refractivity contribution in [2.75, 3.05) is 18.0 Å². The van der Waals surface area contributed by atoms with Crippen LogP contribution in [0.3, 0.4) is 0 Å². The largest absolute Gasteiger partial charge is 0.481 e. The summed E-state index contributed by atoms with van der Waals surface area (Å²) in [4.78, 5) is 13.3. The molecule has 3 heteroatoms. The van der Waals surface area contributed by atoms with E-state index in [-0.39, 0.29) is 12.3 Å². The summed E-state index contributed by atoms with van der Waals surface area (Å²) in [5, 5.41) is 8.98. The Morgan fingerprint density at radius 1 is 1.39 bits per heavy atom. The fourth-order valence-corrected chi connectivity index (χ4v) is 2.73. The number of carboxylic acid groups (broad SMARTS) is 1. The van der Waals surface area contributed by atoms with Crippen molar-refractivity contribution in [2.45, 2.75) is 38.5 Å². The van der Waals surface area contributed by atoms with E-state index in [9.17, 15) is 4.79 Å². The Morgan fingerprint density at radius 2 is 2.17 bits per heavy atom. The summed E-state index contributed by atoms with van der Waals surface area (Å²) < 4.78 is 0. The van der Waals surface area contributed by atoms with Crippen LogP contribution in [0.25, 0.3) is 0 Å². The second-order valence-corrected chi connectivity index (χ2v) is 5.01. The van der Waals surface area contributed by atoms with E-state index in [4.69, 9.17) is 5.11 Å². The van der Waals surface area contributed by atoms with Crippen LogP contribution in [0.4, 0.5) is 5.69 Å². The van der Waals surface area contributed by atoms with Crippen molar-refractivity contribution in [3.8, 4) is 0 Å². The molecule has 18 heavy (non-hydrogen) atoms. The van der Waals surface area contributed by atoms with Gasteiger partial charge in [-0.3, -0.25) is 4.79 Å². The van der Waals surface area contributed by atoms with Crippen molar-refractivity contribution in [1.82, 2.24) is 0 Å². The molecule has 1 aliphatic rings. The fourth-order valence-electron chi connectivity index (χ4n) is 2.73. The highest BCUT2D eigenvalue weighted by Crippen LogP contribution is 2.37. The van der Waals surface area contributed by atoms with Crippen molar-refractivity contribution in [3.63, 3.8) is 0 Å². The molecule has 3 nitrogen and oxygen atoms in total.